The Balaban J connectivity index is 2.34. The van der Waals surface area contributed by atoms with Crippen molar-refractivity contribution in [3.8, 4) is 11.8 Å². The highest BCUT2D eigenvalue weighted by Crippen LogP contribution is 2.12. The Hall–Kier alpha value is -1.18. The number of rotatable bonds is 10. The molecule has 0 unspecified atom stereocenters. The lowest BCUT2D eigenvalue weighted by molar-refractivity contribution is -0.928. The Morgan fingerprint density at radius 2 is 2.00 bits per heavy atom. The molecule has 8 nitrogen and oxygen atoms in total. The van der Waals surface area contributed by atoms with Gasteiger partial charge in [0.25, 0.3) is 10.1 Å². The average Bonchev–Trinajstić information content (AvgIpc) is 2.54. The molecule has 0 saturated carbocycles. The van der Waals surface area contributed by atoms with Gasteiger partial charge in [-0.05, 0) is 12.8 Å². The Morgan fingerprint density at radius 3 is 2.64 bits per heavy atom. The van der Waals surface area contributed by atoms with E-state index in [4.69, 9.17) is 18.8 Å². The van der Waals surface area contributed by atoms with Crippen LogP contribution in [0.5, 0.6) is 0 Å². The minimum absolute atomic E-state index is 0.211. The number of hydrogen-bond acceptors (Lipinski definition) is 6. The lowest BCUT2D eigenvalue weighted by Gasteiger charge is -2.39. The zero-order chi connectivity index (χ0) is 18.6. The van der Waals surface area contributed by atoms with Crippen LogP contribution in [0, 0.1) is 11.8 Å². The summed E-state index contributed by atoms with van der Waals surface area (Å²) < 4.78 is 46.7. The van der Waals surface area contributed by atoms with E-state index in [0.29, 0.717) is 43.8 Å². The summed E-state index contributed by atoms with van der Waals surface area (Å²) in [5.74, 6) is 5.47. The maximum Gasteiger partial charge on any atom is 0.308 e. The van der Waals surface area contributed by atoms with Gasteiger partial charge in [-0.15, -0.1) is 0 Å². The monoisotopic (exact) mass is 378 g/mol. The fraction of sp³-hybridized carbons (Fsp3) is 0.812. The normalized spacial score (nSPS) is 16.7. The number of nitrogens with zero attached hydrogens (tertiary/aromatic N) is 1. The van der Waals surface area contributed by atoms with E-state index < -0.39 is 10.1 Å². The molecule has 1 N–H and O–H groups in total. The third kappa shape index (κ3) is 10.4. The van der Waals surface area contributed by atoms with Gasteiger partial charge >= 0.3 is 5.97 Å². The van der Waals surface area contributed by atoms with Crippen LogP contribution < -0.4 is 0 Å². The van der Waals surface area contributed by atoms with E-state index in [1.807, 2.05) is 0 Å². The first-order valence-corrected chi connectivity index (χ1v) is 10.0. The van der Waals surface area contributed by atoms with E-state index in [1.54, 1.807) is 6.92 Å². The summed E-state index contributed by atoms with van der Waals surface area (Å²) in [6.45, 7) is 6.60. The summed E-state index contributed by atoms with van der Waals surface area (Å²) in [6, 6.07) is 0. The number of morpholine rings is 1. The third-order valence-corrected chi connectivity index (χ3v) is 4.73. The van der Waals surface area contributed by atoms with Crippen LogP contribution in [0.25, 0.3) is 0 Å². The molecule has 1 heterocycles. The second-order valence-electron chi connectivity index (χ2n) is 5.88. The fourth-order valence-electron chi connectivity index (χ4n) is 2.56. The van der Waals surface area contributed by atoms with Crippen LogP contribution in [-0.2, 0) is 29.1 Å². The van der Waals surface area contributed by atoms with Crippen molar-refractivity contribution in [1.29, 1.82) is 0 Å². The van der Waals surface area contributed by atoms with Gasteiger partial charge in [0, 0.05) is 6.42 Å². The molecule has 1 saturated heterocycles. The van der Waals surface area contributed by atoms with Crippen molar-refractivity contribution in [2.24, 2.45) is 0 Å². The van der Waals surface area contributed by atoms with Crippen LogP contribution >= 0.6 is 0 Å². The van der Waals surface area contributed by atoms with E-state index in [-0.39, 0.29) is 31.4 Å². The average molecular weight is 378 g/mol. The minimum atomic E-state index is -3.93. The highest BCUT2D eigenvalue weighted by molar-refractivity contribution is 7.85. The molecule has 1 aliphatic rings. The standard InChI is InChI=1S/C16H27NO7S/c1-2-24-16(18)6-12-22-11-4-3-7-17(9-13-23-14-10-17)8-5-15-25(19,20)21/h2,5-15H2,1H3/p+1. The molecule has 0 aromatic heterocycles. The van der Waals surface area contributed by atoms with Crippen LogP contribution in [0.2, 0.25) is 0 Å². The maximum atomic E-state index is 11.1. The fourth-order valence-corrected chi connectivity index (χ4v) is 3.05. The van der Waals surface area contributed by atoms with Gasteiger partial charge in [-0.2, -0.15) is 8.42 Å². The van der Waals surface area contributed by atoms with Crippen LogP contribution in [0.1, 0.15) is 19.8 Å². The first-order chi connectivity index (χ1) is 11.9. The Bertz CT molecular complexity index is 559. The zero-order valence-electron chi connectivity index (χ0n) is 14.7. The molecule has 25 heavy (non-hydrogen) atoms. The molecule has 0 bridgehead atoms. The second kappa shape index (κ2) is 11.4. The Kier molecular flexibility index (Phi) is 10.0. The topological polar surface area (TPSA) is 99.1 Å². The predicted molar refractivity (Wildman–Crippen MR) is 91.4 cm³/mol. The van der Waals surface area contributed by atoms with Crippen molar-refractivity contribution in [2.75, 3.05) is 65.0 Å². The van der Waals surface area contributed by atoms with Crippen LogP contribution in [0.4, 0.5) is 0 Å². The van der Waals surface area contributed by atoms with E-state index in [2.05, 4.69) is 11.8 Å². The summed E-state index contributed by atoms with van der Waals surface area (Å²) >= 11 is 0. The molecule has 1 aliphatic heterocycles. The number of esters is 1. The molecule has 1 fully saturated rings. The van der Waals surface area contributed by atoms with Gasteiger partial charge in [0.2, 0.25) is 0 Å². The van der Waals surface area contributed by atoms with E-state index in [9.17, 15) is 13.2 Å². The highest BCUT2D eigenvalue weighted by Gasteiger charge is 2.29. The maximum absolute atomic E-state index is 11.1. The molecule has 0 spiro atoms. The molecule has 1 rings (SSSR count). The van der Waals surface area contributed by atoms with E-state index >= 15 is 0 Å². The highest BCUT2D eigenvalue weighted by atomic mass is 32.2. The SMILES string of the molecule is CCOC(=O)CCOCC#CC[N+]1(CCCS(=O)(=O)O)CCOCC1. The predicted octanol–water partition coefficient (Wildman–Crippen LogP) is 0.0845. The van der Waals surface area contributed by atoms with Crippen molar-refractivity contribution >= 4 is 16.1 Å². The summed E-state index contributed by atoms with van der Waals surface area (Å²) in [4.78, 5) is 11.1. The minimum Gasteiger partial charge on any atom is -0.466 e. The van der Waals surface area contributed by atoms with Crippen molar-refractivity contribution < 1.29 is 36.5 Å². The van der Waals surface area contributed by atoms with Gasteiger partial charge < -0.3 is 18.7 Å². The number of ether oxygens (including phenoxy) is 3. The lowest BCUT2D eigenvalue weighted by Crippen LogP contribution is -2.56. The zero-order valence-corrected chi connectivity index (χ0v) is 15.6. The largest absolute Gasteiger partial charge is 0.466 e. The van der Waals surface area contributed by atoms with Crippen molar-refractivity contribution in [2.45, 2.75) is 19.8 Å². The summed E-state index contributed by atoms with van der Waals surface area (Å²) in [6.07, 6.45) is 0.596. The summed E-state index contributed by atoms with van der Waals surface area (Å²) in [5, 5.41) is 0. The first kappa shape index (κ1) is 21.9. The van der Waals surface area contributed by atoms with E-state index in [0.717, 1.165) is 13.1 Å². The van der Waals surface area contributed by atoms with E-state index in [1.165, 1.54) is 0 Å². The second-order valence-corrected chi connectivity index (χ2v) is 7.46. The van der Waals surface area contributed by atoms with Gasteiger partial charge in [-0.1, -0.05) is 5.92 Å². The van der Waals surface area contributed by atoms with Crippen LogP contribution in [-0.4, -0.2) is 88.4 Å². The molecule has 0 aromatic rings. The van der Waals surface area contributed by atoms with Crippen LogP contribution in [0.15, 0.2) is 0 Å². The summed E-state index contributed by atoms with van der Waals surface area (Å²) in [7, 11) is -3.93. The molecule has 144 valence electrons. The smallest absolute Gasteiger partial charge is 0.308 e. The van der Waals surface area contributed by atoms with Crippen LogP contribution in [0.3, 0.4) is 0 Å². The van der Waals surface area contributed by atoms with Gasteiger partial charge in [0.05, 0.1) is 45.1 Å². The van der Waals surface area contributed by atoms with Gasteiger partial charge in [-0.25, -0.2) is 0 Å². The van der Waals surface area contributed by atoms with Crippen molar-refractivity contribution in [1.82, 2.24) is 0 Å². The van der Waals surface area contributed by atoms with Crippen molar-refractivity contribution in [3.05, 3.63) is 0 Å². The quantitative estimate of drug-likeness (QED) is 0.189. The van der Waals surface area contributed by atoms with Gasteiger partial charge in [0.15, 0.2) is 0 Å². The molecule has 0 aromatic carbocycles. The molecule has 0 amide bonds. The number of carbonyl (C=O) groups excluding carboxylic acids is 1. The van der Waals surface area contributed by atoms with Crippen molar-refractivity contribution in [3.63, 3.8) is 0 Å². The third-order valence-electron chi connectivity index (χ3n) is 3.92. The molecular formula is C16H28NO7S+. The molecule has 0 radical (unpaired) electrons. The number of carbonyl (C=O) groups is 1. The molecule has 9 heteroatoms. The van der Waals surface area contributed by atoms with Gasteiger partial charge in [0.1, 0.15) is 26.2 Å². The molecule has 0 atom stereocenters. The number of hydrogen-bond donors (Lipinski definition) is 1. The Morgan fingerprint density at radius 1 is 1.28 bits per heavy atom. The summed E-state index contributed by atoms with van der Waals surface area (Å²) in [5.41, 5.74) is 0. The molecule has 0 aliphatic carbocycles. The number of quaternary nitrogens is 1. The first-order valence-electron chi connectivity index (χ1n) is 8.44. The molecular weight excluding hydrogens is 350 g/mol. The Labute approximate surface area is 149 Å². The van der Waals surface area contributed by atoms with Gasteiger partial charge in [-0.3, -0.25) is 9.35 Å². The lowest BCUT2D eigenvalue weighted by atomic mass is 10.2.